The molecule has 2 N–H and O–H groups in total. The van der Waals surface area contributed by atoms with Gasteiger partial charge in [0.15, 0.2) is 0 Å². The van der Waals surface area contributed by atoms with E-state index < -0.39 is 24.9 Å². The molecule has 13 heavy (non-hydrogen) atoms. The number of azide groups is 1. The van der Waals surface area contributed by atoms with Crippen LogP contribution in [0.4, 0.5) is 8.78 Å². The van der Waals surface area contributed by atoms with Crippen LogP contribution in [-0.2, 0) is 0 Å². The molecule has 0 saturated heterocycles. The van der Waals surface area contributed by atoms with Crippen LogP contribution in [0.3, 0.4) is 0 Å². The number of aliphatic hydroxyl groups excluding tert-OH is 1. The summed E-state index contributed by atoms with van der Waals surface area (Å²) < 4.78 is 25.6. The number of nitrogens with one attached hydrogen (secondary N) is 1. The second kappa shape index (κ2) is 5.69. The Labute approximate surface area is 74.4 Å². The van der Waals surface area contributed by atoms with Crippen molar-refractivity contribution in [2.75, 3.05) is 20.2 Å². The van der Waals surface area contributed by atoms with Gasteiger partial charge in [-0.1, -0.05) is 5.11 Å². The summed E-state index contributed by atoms with van der Waals surface area (Å²) in [6.07, 6.45) is -0.543. The summed E-state index contributed by atoms with van der Waals surface area (Å²) in [4.78, 5) is 2.24. The first-order chi connectivity index (χ1) is 6.05. The minimum atomic E-state index is -3.07. The zero-order valence-electron chi connectivity index (χ0n) is 7.24. The number of rotatable bonds is 6. The smallest absolute Gasteiger partial charge is 0.255 e. The molecule has 0 amide bonds. The van der Waals surface area contributed by atoms with Crippen molar-refractivity contribution in [3.63, 3.8) is 0 Å². The molecule has 7 heteroatoms. The van der Waals surface area contributed by atoms with Crippen LogP contribution in [-0.4, -0.2) is 37.3 Å². The zero-order valence-corrected chi connectivity index (χ0v) is 7.24. The van der Waals surface area contributed by atoms with Gasteiger partial charge in [-0.25, -0.2) is 8.78 Å². The van der Waals surface area contributed by atoms with E-state index in [4.69, 9.17) is 10.6 Å². The van der Waals surface area contributed by atoms with E-state index >= 15 is 0 Å². The van der Waals surface area contributed by atoms with Crippen molar-refractivity contribution in [3.8, 4) is 0 Å². The van der Waals surface area contributed by atoms with E-state index in [-0.39, 0.29) is 6.61 Å². The van der Waals surface area contributed by atoms with Gasteiger partial charge in [0.05, 0.1) is 13.2 Å². The van der Waals surface area contributed by atoms with Crippen LogP contribution in [0.5, 0.6) is 0 Å². The molecule has 0 aliphatic carbocycles. The van der Waals surface area contributed by atoms with E-state index in [1.54, 1.807) is 0 Å². The monoisotopic (exact) mass is 194 g/mol. The molecule has 0 saturated carbocycles. The van der Waals surface area contributed by atoms with Gasteiger partial charge >= 0.3 is 0 Å². The summed E-state index contributed by atoms with van der Waals surface area (Å²) in [6, 6.07) is -0.677. The average molecular weight is 194 g/mol. The second-order valence-corrected chi connectivity index (χ2v) is 2.62. The Kier molecular flexibility index (Phi) is 5.29. The van der Waals surface area contributed by atoms with Crippen molar-refractivity contribution in [2.45, 2.75) is 18.4 Å². The lowest BCUT2D eigenvalue weighted by Crippen LogP contribution is -2.37. The van der Waals surface area contributed by atoms with E-state index in [2.05, 4.69) is 15.3 Å². The standard InChI is InChI=1S/C6H12F2N4O/c1-10-5(3-13)2-6(7,8)4-11-12-9/h5,10,13H,2-4H2,1H3. The van der Waals surface area contributed by atoms with E-state index in [9.17, 15) is 8.78 Å². The van der Waals surface area contributed by atoms with Gasteiger partial charge in [-0.3, -0.25) is 0 Å². The predicted octanol–water partition coefficient (Wildman–Crippen LogP) is 0.902. The van der Waals surface area contributed by atoms with Gasteiger partial charge in [-0.15, -0.1) is 0 Å². The molecule has 0 aromatic carbocycles. The summed E-state index contributed by atoms with van der Waals surface area (Å²) in [7, 11) is 1.48. The van der Waals surface area contributed by atoms with E-state index in [1.165, 1.54) is 7.05 Å². The van der Waals surface area contributed by atoms with Gasteiger partial charge in [0, 0.05) is 17.4 Å². The maximum atomic E-state index is 12.8. The van der Waals surface area contributed by atoms with Gasteiger partial charge in [0.2, 0.25) is 0 Å². The van der Waals surface area contributed by atoms with Crippen LogP contribution < -0.4 is 5.32 Å². The molecule has 0 fully saturated rings. The van der Waals surface area contributed by atoms with Crippen LogP contribution >= 0.6 is 0 Å². The highest BCUT2D eigenvalue weighted by atomic mass is 19.3. The van der Waals surface area contributed by atoms with Gasteiger partial charge < -0.3 is 10.4 Å². The van der Waals surface area contributed by atoms with Crippen molar-refractivity contribution in [1.82, 2.24) is 5.32 Å². The van der Waals surface area contributed by atoms with Gasteiger partial charge in [-0.2, -0.15) is 0 Å². The maximum Gasteiger partial charge on any atom is 0.255 e. The molecule has 0 aliphatic heterocycles. The second-order valence-electron chi connectivity index (χ2n) is 2.62. The molecule has 1 atom stereocenters. The Bertz CT molecular complexity index is 189. The third-order valence-corrected chi connectivity index (χ3v) is 1.54. The van der Waals surface area contributed by atoms with Crippen molar-refractivity contribution in [3.05, 3.63) is 10.4 Å². The summed E-state index contributed by atoms with van der Waals surface area (Å²) in [5, 5.41) is 13.9. The number of halogens is 2. The van der Waals surface area contributed by atoms with Crippen LogP contribution in [0.25, 0.3) is 10.4 Å². The van der Waals surface area contributed by atoms with Crippen molar-refractivity contribution in [1.29, 1.82) is 0 Å². The molecular weight excluding hydrogens is 182 g/mol. The lowest BCUT2D eigenvalue weighted by Gasteiger charge is -2.19. The first-order valence-electron chi connectivity index (χ1n) is 3.72. The summed E-state index contributed by atoms with van der Waals surface area (Å²) in [6.45, 7) is -1.25. The van der Waals surface area contributed by atoms with E-state index in [0.717, 1.165) is 0 Å². The molecule has 1 unspecified atom stereocenters. The highest BCUT2D eigenvalue weighted by molar-refractivity contribution is 4.77. The van der Waals surface area contributed by atoms with E-state index in [1.807, 2.05) is 0 Å². The highest BCUT2D eigenvalue weighted by Gasteiger charge is 2.30. The zero-order chi connectivity index (χ0) is 10.3. The van der Waals surface area contributed by atoms with Crippen LogP contribution in [0.1, 0.15) is 6.42 Å². The molecule has 0 spiro atoms. The minimum Gasteiger partial charge on any atom is -0.395 e. The van der Waals surface area contributed by atoms with Gasteiger partial charge in [0.1, 0.15) is 0 Å². The van der Waals surface area contributed by atoms with Crippen LogP contribution in [0, 0.1) is 0 Å². The third kappa shape index (κ3) is 5.35. The minimum absolute atomic E-state index is 0.373. The summed E-state index contributed by atoms with van der Waals surface area (Å²) in [5.41, 5.74) is 7.84. The lowest BCUT2D eigenvalue weighted by molar-refractivity contribution is -0.0125. The largest absolute Gasteiger partial charge is 0.395 e. The topological polar surface area (TPSA) is 81.0 Å². The van der Waals surface area contributed by atoms with E-state index in [0.29, 0.717) is 0 Å². The molecule has 0 heterocycles. The Balaban J connectivity index is 4.05. The lowest BCUT2D eigenvalue weighted by atomic mass is 10.1. The Morgan fingerprint density at radius 2 is 2.31 bits per heavy atom. The SMILES string of the molecule is CNC(CO)CC(F)(F)CN=[N+]=[N-]. The normalized spacial score (nSPS) is 13.5. The van der Waals surface area contributed by atoms with Crippen LogP contribution in [0.2, 0.25) is 0 Å². The number of likely N-dealkylation sites (N-methyl/N-ethyl adjacent to an activating group) is 1. The molecule has 0 aromatic rings. The van der Waals surface area contributed by atoms with Crippen LogP contribution in [0.15, 0.2) is 5.11 Å². The predicted molar refractivity (Wildman–Crippen MR) is 43.5 cm³/mol. The van der Waals surface area contributed by atoms with Crippen molar-refractivity contribution < 1.29 is 13.9 Å². The fourth-order valence-electron chi connectivity index (χ4n) is 0.818. The summed E-state index contributed by atoms with van der Waals surface area (Å²) >= 11 is 0. The molecule has 0 aromatic heterocycles. The first-order valence-corrected chi connectivity index (χ1v) is 3.72. The van der Waals surface area contributed by atoms with Gasteiger partial charge in [-0.05, 0) is 12.6 Å². The number of hydrogen-bond donors (Lipinski definition) is 2. The molecule has 0 aliphatic rings. The van der Waals surface area contributed by atoms with Gasteiger partial charge in [0.25, 0.3) is 5.92 Å². The van der Waals surface area contributed by atoms with Crippen molar-refractivity contribution >= 4 is 0 Å². The average Bonchev–Trinajstić information content (AvgIpc) is 2.11. The Hall–Kier alpha value is -0.910. The summed E-state index contributed by atoms with van der Waals surface area (Å²) in [5.74, 6) is -3.07. The highest BCUT2D eigenvalue weighted by Crippen LogP contribution is 2.20. The fourth-order valence-corrected chi connectivity index (χ4v) is 0.818. The molecule has 0 rings (SSSR count). The third-order valence-electron chi connectivity index (χ3n) is 1.54. The Morgan fingerprint density at radius 3 is 2.69 bits per heavy atom. The number of nitrogens with zero attached hydrogens (tertiary/aromatic N) is 3. The fraction of sp³-hybridized carbons (Fsp3) is 1.00. The quantitative estimate of drug-likeness (QED) is 0.374. The Morgan fingerprint density at radius 1 is 1.69 bits per heavy atom. The molecule has 5 nitrogen and oxygen atoms in total. The number of aliphatic hydroxyl groups is 1. The number of hydrogen-bond acceptors (Lipinski definition) is 3. The first kappa shape index (κ1) is 12.1. The molecule has 0 bridgehead atoms. The maximum absolute atomic E-state index is 12.8. The van der Waals surface area contributed by atoms with Crippen molar-refractivity contribution in [2.24, 2.45) is 5.11 Å². The number of alkyl halides is 2. The molecular formula is C6H12F2N4O. The molecule has 76 valence electrons. The molecule has 0 radical (unpaired) electrons.